The van der Waals surface area contributed by atoms with E-state index in [1.807, 2.05) is 29.4 Å². The summed E-state index contributed by atoms with van der Waals surface area (Å²) < 4.78 is 12.2. The maximum atomic E-state index is 12.3. The van der Waals surface area contributed by atoms with Gasteiger partial charge in [-0.1, -0.05) is 121 Å². The smallest absolute Gasteiger partial charge is 0.378 e. The maximum Gasteiger partial charge on any atom is 0.498 e. The minimum atomic E-state index is -1.22. The van der Waals surface area contributed by atoms with Crippen LogP contribution in [-0.4, -0.2) is 69.7 Å². The summed E-state index contributed by atoms with van der Waals surface area (Å²) in [5.41, 5.74) is 6.49. The summed E-state index contributed by atoms with van der Waals surface area (Å²) in [6.45, 7) is 5.91. The average Bonchev–Trinajstić information content (AvgIpc) is 3.15. The molecular formula is C38H40BN3O3. The average molecular weight is 598 g/mol. The van der Waals surface area contributed by atoms with E-state index < -0.39 is 6.15 Å². The molecular weight excluding hydrogens is 557 g/mol. The van der Waals surface area contributed by atoms with Gasteiger partial charge >= 0.3 is 6.03 Å². The van der Waals surface area contributed by atoms with Crippen molar-refractivity contribution in [1.82, 2.24) is 4.90 Å². The first-order chi connectivity index (χ1) is 22.3. The molecule has 2 aliphatic heterocycles. The Balaban J connectivity index is 0.000000163. The molecule has 2 aliphatic rings. The van der Waals surface area contributed by atoms with Gasteiger partial charge in [-0.15, -0.1) is 0 Å². The number of hydrogen-bond acceptors (Lipinski definition) is 4. The molecule has 0 atom stereocenters. The van der Waals surface area contributed by atoms with Gasteiger partial charge in [0.25, 0.3) is 0 Å². The highest BCUT2D eigenvalue weighted by molar-refractivity contribution is 7.19. The highest BCUT2D eigenvalue weighted by atomic mass is 16.5. The van der Waals surface area contributed by atoms with Gasteiger partial charge in [0.05, 0.1) is 26.4 Å². The molecule has 1 amide bonds. The van der Waals surface area contributed by atoms with Crippen LogP contribution in [-0.2, 0) is 9.47 Å². The molecule has 2 fully saturated rings. The number of hydrogen-bond donors (Lipinski definition) is 0. The van der Waals surface area contributed by atoms with Gasteiger partial charge in [0.1, 0.15) is 31.6 Å². The SMILES string of the molecule is O=C(N1CCOCC1)[n+]1ccc(N2CCOCC2)cc1.c1ccc([B-](c2ccccc2)(c2ccccc2)c2ccccc2)cc1. The minimum Gasteiger partial charge on any atom is -0.378 e. The highest BCUT2D eigenvalue weighted by Crippen LogP contribution is 2.13. The molecule has 45 heavy (non-hydrogen) atoms. The standard InChI is InChI=1S/C24H20B.C14H20N3O3/c1-5-13-21(14-6-1)25(22-15-7-2-8-16-22,23-17-9-3-10-18-23)24-19-11-4-12-20-24;18-14(17-7-11-20-12-8-17)16-3-1-13(2-4-16)15-5-9-19-10-6-15/h1-20H;1-4H,5-12H2/q-1;+1. The molecule has 7 rings (SSSR count). The molecule has 0 spiro atoms. The predicted octanol–water partition coefficient (Wildman–Crippen LogP) is 3.18. The van der Waals surface area contributed by atoms with Crippen molar-refractivity contribution in [2.75, 3.05) is 57.5 Å². The first kappa shape index (κ1) is 30.3. The second-order valence-electron chi connectivity index (χ2n) is 11.5. The van der Waals surface area contributed by atoms with Crippen LogP contribution in [0.3, 0.4) is 0 Å². The van der Waals surface area contributed by atoms with Crippen molar-refractivity contribution in [2.45, 2.75) is 0 Å². The summed E-state index contributed by atoms with van der Waals surface area (Å²) in [4.78, 5) is 16.4. The van der Waals surface area contributed by atoms with E-state index in [-0.39, 0.29) is 6.03 Å². The number of rotatable bonds is 5. The summed E-state index contributed by atoms with van der Waals surface area (Å²) in [6, 6.07) is 47.5. The Labute approximate surface area is 266 Å². The van der Waals surface area contributed by atoms with Gasteiger partial charge < -0.3 is 14.4 Å². The lowest BCUT2D eigenvalue weighted by atomic mass is 9.13. The molecule has 0 unspecified atom stereocenters. The van der Waals surface area contributed by atoms with Crippen molar-refractivity contribution < 1.29 is 18.8 Å². The Morgan fingerprint density at radius 1 is 0.511 bits per heavy atom. The summed E-state index contributed by atoms with van der Waals surface area (Å²) in [5.74, 6) is 0. The minimum absolute atomic E-state index is 0.0156. The van der Waals surface area contributed by atoms with E-state index in [0.717, 1.165) is 32.0 Å². The van der Waals surface area contributed by atoms with E-state index in [9.17, 15) is 4.79 Å². The zero-order chi connectivity index (χ0) is 30.7. The lowest BCUT2D eigenvalue weighted by Crippen LogP contribution is -2.74. The molecule has 5 aromatic rings. The molecule has 7 heteroatoms. The Morgan fingerprint density at radius 2 is 0.867 bits per heavy atom. The van der Waals surface area contributed by atoms with Crippen molar-refractivity contribution in [3.63, 3.8) is 0 Å². The van der Waals surface area contributed by atoms with Crippen LogP contribution in [0.4, 0.5) is 10.5 Å². The molecule has 0 radical (unpaired) electrons. The maximum absolute atomic E-state index is 12.3. The lowest BCUT2D eigenvalue weighted by Gasteiger charge is -2.44. The van der Waals surface area contributed by atoms with Crippen molar-refractivity contribution in [3.05, 3.63) is 146 Å². The number of amides is 1. The Kier molecular flexibility index (Phi) is 10.00. The van der Waals surface area contributed by atoms with Crippen molar-refractivity contribution in [3.8, 4) is 0 Å². The van der Waals surface area contributed by atoms with Gasteiger partial charge in [-0.25, -0.2) is 4.90 Å². The number of carbonyl (C=O) groups is 1. The molecule has 3 heterocycles. The second-order valence-corrected chi connectivity index (χ2v) is 11.5. The molecule has 1 aromatic heterocycles. The van der Waals surface area contributed by atoms with Crippen LogP contribution in [0, 0.1) is 0 Å². The third-order valence-corrected chi connectivity index (χ3v) is 8.89. The first-order valence-electron chi connectivity index (χ1n) is 15.9. The number of benzene rings is 4. The van der Waals surface area contributed by atoms with Crippen LogP contribution in [0.25, 0.3) is 0 Å². The fourth-order valence-corrected chi connectivity index (χ4v) is 6.62. The van der Waals surface area contributed by atoms with Gasteiger partial charge in [0.2, 0.25) is 0 Å². The van der Waals surface area contributed by atoms with Crippen LogP contribution < -0.4 is 31.3 Å². The summed E-state index contributed by atoms with van der Waals surface area (Å²) >= 11 is 0. The number of pyridine rings is 1. The van der Waals surface area contributed by atoms with Gasteiger partial charge in [-0.2, -0.15) is 31.2 Å². The normalized spacial score (nSPS) is 15.1. The number of carbonyl (C=O) groups excluding carboxylic acids is 1. The third kappa shape index (κ3) is 6.85. The molecule has 0 N–H and O–H groups in total. The van der Waals surface area contributed by atoms with E-state index in [1.165, 1.54) is 21.9 Å². The van der Waals surface area contributed by atoms with E-state index in [4.69, 9.17) is 9.47 Å². The second kappa shape index (κ2) is 14.8. The summed E-state index contributed by atoms with van der Waals surface area (Å²) in [6.07, 6.45) is 2.46. The van der Waals surface area contributed by atoms with Crippen LogP contribution >= 0.6 is 0 Å². The van der Waals surface area contributed by atoms with Crippen molar-refractivity contribution in [2.24, 2.45) is 0 Å². The Bertz CT molecular complexity index is 1450. The van der Waals surface area contributed by atoms with Gasteiger partial charge in [-0.05, 0) is 0 Å². The molecule has 6 nitrogen and oxygen atoms in total. The van der Waals surface area contributed by atoms with E-state index in [2.05, 4.69) is 126 Å². The molecule has 0 saturated carbocycles. The zero-order valence-electron chi connectivity index (χ0n) is 25.7. The van der Waals surface area contributed by atoms with Crippen LogP contribution in [0.15, 0.2) is 146 Å². The molecule has 0 bridgehead atoms. The highest BCUT2D eigenvalue weighted by Gasteiger charge is 2.31. The van der Waals surface area contributed by atoms with Gasteiger partial charge in [0.15, 0.2) is 0 Å². The van der Waals surface area contributed by atoms with Gasteiger partial charge in [0, 0.05) is 30.9 Å². The van der Waals surface area contributed by atoms with Gasteiger partial charge in [-0.3, -0.25) is 0 Å². The van der Waals surface area contributed by atoms with Crippen molar-refractivity contribution in [1.29, 1.82) is 0 Å². The van der Waals surface area contributed by atoms with Crippen LogP contribution in [0.1, 0.15) is 0 Å². The van der Waals surface area contributed by atoms with Crippen LogP contribution in [0.5, 0.6) is 0 Å². The fraction of sp³-hybridized carbons (Fsp3) is 0.211. The summed E-state index contributed by atoms with van der Waals surface area (Å²) in [5, 5.41) is 0. The topological polar surface area (TPSA) is 45.9 Å². The van der Waals surface area contributed by atoms with Crippen LogP contribution in [0.2, 0.25) is 0 Å². The third-order valence-electron chi connectivity index (χ3n) is 8.89. The largest absolute Gasteiger partial charge is 0.498 e. The zero-order valence-corrected chi connectivity index (χ0v) is 25.7. The number of morpholine rings is 2. The molecule has 0 aliphatic carbocycles. The Hall–Kier alpha value is -4.72. The molecule has 4 aromatic carbocycles. The quantitative estimate of drug-likeness (QED) is 0.231. The molecule has 228 valence electrons. The molecule has 2 saturated heterocycles. The number of ether oxygens (including phenoxy) is 2. The Morgan fingerprint density at radius 3 is 1.24 bits per heavy atom. The number of aromatic nitrogens is 1. The summed E-state index contributed by atoms with van der Waals surface area (Å²) in [7, 11) is 0. The van der Waals surface area contributed by atoms with E-state index >= 15 is 0 Å². The lowest BCUT2D eigenvalue weighted by molar-refractivity contribution is -0.578. The number of anilines is 1. The van der Waals surface area contributed by atoms with E-state index in [0.29, 0.717) is 26.3 Å². The van der Waals surface area contributed by atoms with Crippen molar-refractivity contribution >= 4 is 39.7 Å². The van der Waals surface area contributed by atoms with E-state index in [1.54, 1.807) is 4.57 Å². The fourth-order valence-electron chi connectivity index (χ4n) is 6.62. The first-order valence-corrected chi connectivity index (χ1v) is 15.9. The number of nitrogens with zero attached hydrogens (tertiary/aromatic N) is 3. The predicted molar refractivity (Wildman–Crippen MR) is 183 cm³/mol. The monoisotopic (exact) mass is 597 g/mol.